The quantitative estimate of drug-likeness (QED) is 0.452. The van der Waals surface area contributed by atoms with Crippen molar-refractivity contribution < 1.29 is 14.3 Å². The topological polar surface area (TPSA) is 58.6 Å². The maximum absolute atomic E-state index is 13.1. The van der Waals surface area contributed by atoms with Crippen LogP contribution in [0.25, 0.3) is 0 Å². The summed E-state index contributed by atoms with van der Waals surface area (Å²) in [6, 6.07) is 12.1. The Hall–Kier alpha value is -2.24. The molecule has 7 heteroatoms. The summed E-state index contributed by atoms with van der Waals surface area (Å²) in [6.07, 6.45) is 2.35. The molecule has 0 unspecified atom stereocenters. The first-order valence-corrected chi connectivity index (χ1v) is 11.3. The SMILES string of the molecule is CCCCNC(=O)[C@@H](CC)N(Cc1ccc(Cl)c(Cl)c1)C(=O)COc1ccc(C)cc1. The minimum absolute atomic E-state index is 0.164. The Morgan fingerprint density at radius 3 is 2.39 bits per heavy atom. The molecule has 31 heavy (non-hydrogen) atoms. The molecule has 168 valence electrons. The van der Waals surface area contributed by atoms with Crippen molar-refractivity contribution in [1.29, 1.82) is 0 Å². The zero-order valence-corrected chi connectivity index (χ0v) is 19.8. The van der Waals surface area contributed by atoms with Crippen LogP contribution in [0.1, 0.15) is 44.2 Å². The van der Waals surface area contributed by atoms with E-state index in [-0.39, 0.29) is 25.0 Å². The lowest BCUT2D eigenvalue weighted by atomic mass is 10.1. The largest absolute Gasteiger partial charge is 0.484 e. The van der Waals surface area contributed by atoms with Crippen LogP contribution in [-0.4, -0.2) is 35.9 Å². The minimum Gasteiger partial charge on any atom is -0.484 e. The summed E-state index contributed by atoms with van der Waals surface area (Å²) in [6.45, 7) is 6.58. The maximum Gasteiger partial charge on any atom is 0.261 e. The van der Waals surface area contributed by atoms with E-state index >= 15 is 0 Å². The Bertz CT molecular complexity index is 872. The number of rotatable bonds is 11. The van der Waals surface area contributed by atoms with Crippen molar-refractivity contribution in [3.05, 3.63) is 63.6 Å². The van der Waals surface area contributed by atoms with E-state index < -0.39 is 6.04 Å². The van der Waals surface area contributed by atoms with Gasteiger partial charge in [-0.2, -0.15) is 0 Å². The molecule has 2 amide bonds. The van der Waals surface area contributed by atoms with Crippen molar-refractivity contribution in [1.82, 2.24) is 10.2 Å². The molecule has 0 bridgehead atoms. The molecule has 0 aliphatic heterocycles. The van der Waals surface area contributed by atoms with Crippen molar-refractivity contribution in [2.45, 2.75) is 52.6 Å². The lowest BCUT2D eigenvalue weighted by Gasteiger charge is -2.30. The van der Waals surface area contributed by atoms with Crippen LogP contribution in [0, 0.1) is 6.92 Å². The molecule has 5 nitrogen and oxygen atoms in total. The van der Waals surface area contributed by atoms with Crippen LogP contribution in [0.5, 0.6) is 5.75 Å². The van der Waals surface area contributed by atoms with Crippen molar-refractivity contribution in [2.75, 3.05) is 13.2 Å². The van der Waals surface area contributed by atoms with Gasteiger partial charge in [0.1, 0.15) is 11.8 Å². The van der Waals surface area contributed by atoms with E-state index in [1.165, 1.54) is 0 Å². The van der Waals surface area contributed by atoms with Crippen LogP contribution in [0.4, 0.5) is 0 Å². The van der Waals surface area contributed by atoms with Crippen LogP contribution in [0.2, 0.25) is 10.0 Å². The van der Waals surface area contributed by atoms with Crippen molar-refractivity contribution in [3.8, 4) is 5.75 Å². The van der Waals surface area contributed by atoms with Gasteiger partial charge in [0.15, 0.2) is 6.61 Å². The van der Waals surface area contributed by atoms with Gasteiger partial charge in [0, 0.05) is 13.1 Å². The first-order valence-electron chi connectivity index (χ1n) is 10.6. The van der Waals surface area contributed by atoms with E-state index in [2.05, 4.69) is 12.2 Å². The number of halogens is 2. The molecule has 0 aliphatic rings. The Labute approximate surface area is 194 Å². The standard InChI is InChI=1S/C24H30Cl2N2O3/c1-4-6-13-27-24(30)22(5-2)28(15-18-9-12-20(25)21(26)14-18)23(29)16-31-19-10-7-17(3)8-11-19/h7-12,14,22H,4-6,13,15-16H2,1-3H3,(H,27,30)/t22-/m1/s1. The molecule has 1 atom stereocenters. The number of unbranched alkanes of at least 4 members (excludes halogenated alkanes) is 1. The van der Waals surface area contributed by atoms with E-state index in [0.29, 0.717) is 28.8 Å². The number of aryl methyl sites for hydroxylation is 1. The molecule has 0 radical (unpaired) electrons. The van der Waals surface area contributed by atoms with Crippen molar-refractivity contribution in [3.63, 3.8) is 0 Å². The molecule has 0 heterocycles. The highest BCUT2D eigenvalue weighted by Gasteiger charge is 2.29. The van der Waals surface area contributed by atoms with Gasteiger partial charge in [-0.15, -0.1) is 0 Å². The Balaban J connectivity index is 2.19. The lowest BCUT2D eigenvalue weighted by molar-refractivity contribution is -0.143. The highest BCUT2D eigenvalue weighted by molar-refractivity contribution is 6.42. The Kier molecular flexibility index (Phi) is 10.2. The number of hydrogen-bond donors (Lipinski definition) is 1. The minimum atomic E-state index is -0.611. The number of benzene rings is 2. The number of nitrogens with one attached hydrogen (secondary N) is 1. The van der Waals surface area contributed by atoms with Crippen LogP contribution >= 0.6 is 23.2 Å². The molecule has 0 aliphatic carbocycles. The molecule has 0 saturated carbocycles. The third kappa shape index (κ3) is 7.75. The van der Waals surface area contributed by atoms with Gasteiger partial charge in [-0.3, -0.25) is 9.59 Å². The first kappa shape index (κ1) is 25.0. The predicted molar refractivity (Wildman–Crippen MR) is 126 cm³/mol. The third-order valence-electron chi connectivity index (χ3n) is 4.94. The smallest absolute Gasteiger partial charge is 0.261 e. The summed E-state index contributed by atoms with van der Waals surface area (Å²) >= 11 is 12.2. The monoisotopic (exact) mass is 464 g/mol. The average molecular weight is 465 g/mol. The first-order chi connectivity index (χ1) is 14.8. The highest BCUT2D eigenvalue weighted by Crippen LogP contribution is 2.24. The summed E-state index contributed by atoms with van der Waals surface area (Å²) in [5.41, 5.74) is 1.90. The van der Waals surface area contributed by atoms with Crippen LogP contribution in [-0.2, 0) is 16.1 Å². The van der Waals surface area contributed by atoms with Crippen molar-refractivity contribution >= 4 is 35.0 Å². The van der Waals surface area contributed by atoms with E-state index in [4.69, 9.17) is 27.9 Å². The molecule has 0 spiro atoms. The zero-order valence-electron chi connectivity index (χ0n) is 18.3. The van der Waals surface area contributed by atoms with E-state index in [0.717, 1.165) is 24.0 Å². The molecule has 2 aromatic carbocycles. The number of amides is 2. The fourth-order valence-electron chi connectivity index (χ4n) is 3.12. The average Bonchev–Trinajstić information content (AvgIpc) is 2.75. The maximum atomic E-state index is 13.1. The number of ether oxygens (including phenoxy) is 1. The molecule has 0 saturated heterocycles. The number of hydrogen-bond acceptors (Lipinski definition) is 3. The molecule has 0 fully saturated rings. The zero-order chi connectivity index (χ0) is 22.8. The molecule has 0 aromatic heterocycles. The predicted octanol–water partition coefficient (Wildman–Crippen LogP) is 5.40. The Morgan fingerprint density at radius 1 is 1.06 bits per heavy atom. The summed E-state index contributed by atoms with van der Waals surface area (Å²) in [5, 5.41) is 3.78. The second-order valence-corrected chi connectivity index (χ2v) is 8.25. The number of nitrogens with zero attached hydrogens (tertiary/aromatic N) is 1. The summed E-state index contributed by atoms with van der Waals surface area (Å²) in [7, 11) is 0. The second-order valence-electron chi connectivity index (χ2n) is 7.44. The summed E-state index contributed by atoms with van der Waals surface area (Å²) in [4.78, 5) is 27.5. The normalized spacial score (nSPS) is 11.6. The van der Waals surface area contributed by atoms with Crippen LogP contribution in [0.15, 0.2) is 42.5 Å². The van der Waals surface area contributed by atoms with E-state index in [1.54, 1.807) is 23.1 Å². The van der Waals surface area contributed by atoms with Crippen LogP contribution < -0.4 is 10.1 Å². The fourth-order valence-corrected chi connectivity index (χ4v) is 3.44. The third-order valence-corrected chi connectivity index (χ3v) is 5.67. The summed E-state index contributed by atoms with van der Waals surface area (Å²) < 4.78 is 5.69. The molecule has 1 N–H and O–H groups in total. The molecular formula is C24H30Cl2N2O3. The summed E-state index contributed by atoms with van der Waals surface area (Å²) in [5.74, 6) is 0.165. The van der Waals surface area contributed by atoms with Gasteiger partial charge in [0.05, 0.1) is 10.0 Å². The highest BCUT2D eigenvalue weighted by atomic mass is 35.5. The van der Waals surface area contributed by atoms with Gasteiger partial charge >= 0.3 is 0 Å². The van der Waals surface area contributed by atoms with Gasteiger partial charge in [-0.05, 0) is 49.6 Å². The van der Waals surface area contributed by atoms with Crippen molar-refractivity contribution in [2.24, 2.45) is 0 Å². The second kappa shape index (κ2) is 12.6. The molecular weight excluding hydrogens is 435 g/mol. The van der Waals surface area contributed by atoms with E-state index in [9.17, 15) is 9.59 Å². The van der Waals surface area contributed by atoms with Gasteiger partial charge < -0.3 is 15.0 Å². The fraction of sp³-hybridized carbons (Fsp3) is 0.417. The van der Waals surface area contributed by atoms with Gasteiger partial charge in [0.2, 0.25) is 5.91 Å². The number of carbonyl (C=O) groups is 2. The van der Waals surface area contributed by atoms with Gasteiger partial charge in [-0.1, -0.05) is 67.2 Å². The lowest BCUT2D eigenvalue weighted by Crippen LogP contribution is -2.50. The Morgan fingerprint density at radius 2 is 1.77 bits per heavy atom. The van der Waals surface area contributed by atoms with Gasteiger partial charge in [0.25, 0.3) is 5.91 Å². The van der Waals surface area contributed by atoms with E-state index in [1.807, 2.05) is 38.1 Å². The molecule has 2 rings (SSSR count). The number of carbonyl (C=O) groups excluding carboxylic acids is 2. The molecule has 2 aromatic rings. The van der Waals surface area contributed by atoms with Gasteiger partial charge in [-0.25, -0.2) is 0 Å². The van der Waals surface area contributed by atoms with Crippen LogP contribution in [0.3, 0.4) is 0 Å².